The predicted octanol–water partition coefficient (Wildman–Crippen LogP) is 1.26. The summed E-state index contributed by atoms with van der Waals surface area (Å²) in [5, 5.41) is 0. The normalized spacial score (nSPS) is 22.3. The highest BCUT2D eigenvalue weighted by atomic mass is 16.5. The van der Waals surface area contributed by atoms with Crippen molar-refractivity contribution in [2.45, 2.75) is 51.1 Å². The maximum atomic E-state index is 6.14. The fourth-order valence-corrected chi connectivity index (χ4v) is 1.92. The van der Waals surface area contributed by atoms with E-state index < -0.39 is 0 Å². The molecule has 1 fully saturated rings. The fourth-order valence-electron chi connectivity index (χ4n) is 1.92. The van der Waals surface area contributed by atoms with Gasteiger partial charge in [0.2, 0.25) is 0 Å². The Kier molecular flexibility index (Phi) is 4.35. The molecule has 1 rings (SSSR count). The summed E-state index contributed by atoms with van der Waals surface area (Å²) in [4.78, 5) is 0. The highest BCUT2D eigenvalue weighted by Crippen LogP contribution is 2.21. The van der Waals surface area contributed by atoms with Gasteiger partial charge in [0.15, 0.2) is 0 Å². The SMILES string of the molecule is CC(C)(N)CCC(N)C1CCOCC1. The highest BCUT2D eigenvalue weighted by molar-refractivity contribution is 4.80. The smallest absolute Gasteiger partial charge is 0.0469 e. The Bertz CT molecular complexity index is 159. The Balaban J connectivity index is 2.23. The summed E-state index contributed by atoms with van der Waals surface area (Å²) >= 11 is 0. The third kappa shape index (κ3) is 4.40. The Labute approximate surface area is 87.2 Å². The number of hydrogen-bond acceptors (Lipinski definition) is 3. The molecule has 1 unspecified atom stereocenters. The number of ether oxygens (including phenoxy) is 1. The second-order valence-electron chi connectivity index (χ2n) is 5.14. The van der Waals surface area contributed by atoms with E-state index in [1.165, 1.54) is 0 Å². The Morgan fingerprint density at radius 3 is 2.43 bits per heavy atom. The molecule has 4 N–H and O–H groups in total. The van der Waals surface area contributed by atoms with Gasteiger partial charge in [0.1, 0.15) is 0 Å². The molecule has 1 atom stereocenters. The van der Waals surface area contributed by atoms with Crippen LogP contribution in [0.5, 0.6) is 0 Å². The Morgan fingerprint density at radius 2 is 1.93 bits per heavy atom. The lowest BCUT2D eigenvalue weighted by Crippen LogP contribution is -2.38. The van der Waals surface area contributed by atoms with Crippen LogP contribution in [0.25, 0.3) is 0 Å². The van der Waals surface area contributed by atoms with Gasteiger partial charge in [-0.05, 0) is 45.4 Å². The number of hydrogen-bond donors (Lipinski definition) is 2. The van der Waals surface area contributed by atoms with Gasteiger partial charge in [-0.2, -0.15) is 0 Å². The van der Waals surface area contributed by atoms with Crippen LogP contribution in [0.3, 0.4) is 0 Å². The molecule has 0 aliphatic carbocycles. The van der Waals surface area contributed by atoms with Crippen molar-refractivity contribution < 1.29 is 4.74 Å². The molecule has 1 aliphatic heterocycles. The molecule has 0 spiro atoms. The molecular weight excluding hydrogens is 176 g/mol. The molecule has 0 aromatic heterocycles. The monoisotopic (exact) mass is 200 g/mol. The molecule has 14 heavy (non-hydrogen) atoms. The van der Waals surface area contributed by atoms with Gasteiger partial charge in [0.05, 0.1) is 0 Å². The summed E-state index contributed by atoms with van der Waals surface area (Å²) in [6.45, 7) is 5.88. The van der Waals surface area contributed by atoms with Gasteiger partial charge in [0.25, 0.3) is 0 Å². The van der Waals surface area contributed by atoms with Gasteiger partial charge in [-0.15, -0.1) is 0 Å². The summed E-state index contributed by atoms with van der Waals surface area (Å²) in [5.74, 6) is 0.645. The van der Waals surface area contributed by atoms with Crippen molar-refractivity contribution in [1.29, 1.82) is 0 Å². The molecule has 0 radical (unpaired) electrons. The van der Waals surface area contributed by atoms with Crippen LogP contribution >= 0.6 is 0 Å². The van der Waals surface area contributed by atoms with Gasteiger partial charge >= 0.3 is 0 Å². The second-order valence-corrected chi connectivity index (χ2v) is 5.14. The van der Waals surface area contributed by atoms with Crippen LogP contribution in [-0.4, -0.2) is 24.8 Å². The largest absolute Gasteiger partial charge is 0.381 e. The van der Waals surface area contributed by atoms with E-state index in [9.17, 15) is 0 Å². The first kappa shape index (κ1) is 12.0. The van der Waals surface area contributed by atoms with E-state index in [-0.39, 0.29) is 5.54 Å². The zero-order valence-corrected chi connectivity index (χ0v) is 9.46. The molecule has 0 bridgehead atoms. The quantitative estimate of drug-likeness (QED) is 0.718. The van der Waals surface area contributed by atoms with Crippen LogP contribution in [0.2, 0.25) is 0 Å². The molecule has 1 saturated heterocycles. The minimum atomic E-state index is -0.0806. The van der Waals surface area contributed by atoms with Crippen LogP contribution in [0, 0.1) is 5.92 Å². The van der Waals surface area contributed by atoms with Crippen molar-refractivity contribution in [2.24, 2.45) is 17.4 Å². The first-order chi connectivity index (χ1) is 6.49. The maximum absolute atomic E-state index is 6.14. The van der Waals surface area contributed by atoms with Crippen LogP contribution in [0.4, 0.5) is 0 Å². The summed E-state index contributed by atoms with van der Waals surface area (Å²) in [6, 6.07) is 0.307. The van der Waals surface area contributed by atoms with Crippen molar-refractivity contribution in [3.63, 3.8) is 0 Å². The van der Waals surface area contributed by atoms with Crippen LogP contribution in [0.1, 0.15) is 39.5 Å². The van der Waals surface area contributed by atoms with Crippen molar-refractivity contribution >= 4 is 0 Å². The van der Waals surface area contributed by atoms with E-state index in [4.69, 9.17) is 16.2 Å². The van der Waals surface area contributed by atoms with E-state index in [0.717, 1.165) is 38.9 Å². The molecule has 0 aromatic carbocycles. The van der Waals surface area contributed by atoms with E-state index in [1.54, 1.807) is 0 Å². The Morgan fingerprint density at radius 1 is 1.36 bits per heavy atom. The van der Waals surface area contributed by atoms with Crippen LogP contribution in [0.15, 0.2) is 0 Å². The first-order valence-electron chi connectivity index (χ1n) is 5.61. The van der Waals surface area contributed by atoms with Gasteiger partial charge in [-0.25, -0.2) is 0 Å². The average molecular weight is 200 g/mol. The van der Waals surface area contributed by atoms with Crippen molar-refractivity contribution in [2.75, 3.05) is 13.2 Å². The van der Waals surface area contributed by atoms with E-state index in [2.05, 4.69) is 13.8 Å². The van der Waals surface area contributed by atoms with Gasteiger partial charge < -0.3 is 16.2 Å². The van der Waals surface area contributed by atoms with Crippen molar-refractivity contribution in [1.82, 2.24) is 0 Å². The van der Waals surface area contributed by atoms with E-state index in [1.807, 2.05) is 0 Å². The predicted molar refractivity (Wildman–Crippen MR) is 59.0 cm³/mol. The van der Waals surface area contributed by atoms with Crippen LogP contribution in [-0.2, 0) is 4.74 Å². The third-order valence-electron chi connectivity index (χ3n) is 2.99. The van der Waals surface area contributed by atoms with E-state index >= 15 is 0 Å². The van der Waals surface area contributed by atoms with Crippen molar-refractivity contribution in [3.8, 4) is 0 Å². The van der Waals surface area contributed by atoms with Gasteiger partial charge in [-0.3, -0.25) is 0 Å². The molecule has 84 valence electrons. The lowest BCUT2D eigenvalue weighted by Gasteiger charge is -2.29. The molecule has 1 heterocycles. The minimum absolute atomic E-state index is 0.0806. The summed E-state index contributed by atoms with van der Waals surface area (Å²) in [6.07, 6.45) is 4.28. The zero-order chi connectivity index (χ0) is 10.6. The number of rotatable bonds is 4. The summed E-state index contributed by atoms with van der Waals surface area (Å²) in [7, 11) is 0. The molecule has 0 aromatic rings. The fraction of sp³-hybridized carbons (Fsp3) is 1.00. The zero-order valence-electron chi connectivity index (χ0n) is 9.46. The molecule has 1 aliphatic rings. The summed E-state index contributed by atoms with van der Waals surface area (Å²) in [5.41, 5.74) is 12.0. The van der Waals surface area contributed by atoms with Gasteiger partial charge in [-0.1, -0.05) is 0 Å². The van der Waals surface area contributed by atoms with Crippen LogP contribution < -0.4 is 11.5 Å². The minimum Gasteiger partial charge on any atom is -0.381 e. The standard InChI is InChI=1S/C11H24N2O/c1-11(2,13)6-3-10(12)9-4-7-14-8-5-9/h9-10H,3-8,12-13H2,1-2H3. The summed E-state index contributed by atoms with van der Waals surface area (Å²) < 4.78 is 5.32. The molecular formula is C11H24N2O. The topological polar surface area (TPSA) is 61.3 Å². The van der Waals surface area contributed by atoms with E-state index in [0.29, 0.717) is 12.0 Å². The van der Waals surface area contributed by atoms with Gasteiger partial charge in [0, 0.05) is 24.8 Å². The molecule has 3 nitrogen and oxygen atoms in total. The Hall–Kier alpha value is -0.120. The second kappa shape index (κ2) is 5.10. The first-order valence-corrected chi connectivity index (χ1v) is 5.61. The highest BCUT2D eigenvalue weighted by Gasteiger charge is 2.22. The average Bonchev–Trinajstić information content (AvgIpc) is 2.14. The molecule has 0 saturated carbocycles. The van der Waals surface area contributed by atoms with Crippen molar-refractivity contribution in [3.05, 3.63) is 0 Å². The lowest BCUT2D eigenvalue weighted by atomic mass is 9.86. The molecule has 0 amide bonds. The third-order valence-corrected chi connectivity index (χ3v) is 2.99. The number of nitrogens with two attached hydrogens (primary N) is 2. The molecule has 3 heteroatoms. The maximum Gasteiger partial charge on any atom is 0.0469 e. The lowest BCUT2D eigenvalue weighted by molar-refractivity contribution is 0.0567.